The van der Waals surface area contributed by atoms with Crippen LogP contribution in [0.5, 0.6) is 0 Å². The van der Waals surface area contributed by atoms with Crippen LogP contribution in [0.3, 0.4) is 0 Å². The summed E-state index contributed by atoms with van der Waals surface area (Å²) in [4.78, 5) is 3.94. The lowest BCUT2D eigenvalue weighted by Gasteiger charge is -2.15. The molecule has 0 aliphatic heterocycles. The molecule has 1 rings (SSSR count). The van der Waals surface area contributed by atoms with Gasteiger partial charge in [0.15, 0.2) is 4.34 Å². The fraction of sp³-hybridized carbons (Fsp3) is 0.714. The third kappa shape index (κ3) is 3.62. The van der Waals surface area contributed by atoms with E-state index in [4.69, 9.17) is 5.73 Å². The number of hydrogen-bond acceptors (Lipinski definition) is 5. The molecule has 0 radical (unpaired) electrons. The summed E-state index contributed by atoms with van der Waals surface area (Å²) in [6.07, 6.45) is -3.67. The second-order valence-electron chi connectivity index (χ2n) is 2.71. The predicted octanol–water partition coefficient (Wildman–Crippen LogP) is 2.08. The minimum atomic E-state index is -4.29. The maximum Gasteiger partial charge on any atom is 0.402 e. The summed E-state index contributed by atoms with van der Waals surface area (Å²) in [5, 5.41) is -1.60. The van der Waals surface area contributed by atoms with Gasteiger partial charge in [-0.2, -0.15) is 17.5 Å². The van der Waals surface area contributed by atoms with Gasteiger partial charge in [-0.15, -0.1) is 0 Å². The first-order valence-electron chi connectivity index (χ1n) is 4.23. The first-order valence-corrected chi connectivity index (χ1v) is 5.88. The molecule has 0 amide bonds. The topological polar surface area (TPSA) is 51.8 Å². The summed E-state index contributed by atoms with van der Waals surface area (Å²) < 4.78 is 41.3. The van der Waals surface area contributed by atoms with E-state index in [-0.39, 0.29) is 0 Å². The number of aryl methyl sites for hydroxylation is 1. The maximum absolute atomic E-state index is 12.4. The molecular formula is C7H10F3N3S2. The van der Waals surface area contributed by atoms with Crippen LogP contribution in [0.4, 0.5) is 13.2 Å². The fourth-order valence-electron chi connectivity index (χ4n) is 0.800. The van der Waals surface area contributed by atoms with E-state index in [1.165, 1.54) is 0 Å². The van der Waals surface area contributed by atoms with Crippen molar-refractivity contribution in [2.75, 3.05) is 6.54 Å². The smallest absolute Gasteiger partial charge is 0.329 e. The number of nitrogens with two attached hydrogens (primary N) is 1. The van der Waals surface area contributed by atoms with Crippen molar-refractivity contribution in [2.45, 2.75) is 29.1 Å². The zero-order valence-corrected chi connectivity index (χ0v) is 9.55. The molecule has 15 heavy (non-hydrogen) atoms. The molecule has 0 saturated carbocycles. The van der Waals surface area contributed by atoms with Crippen LogP contribution >= 0.6 is 23.3 Å². The second kappa shape index (κ2) is 5.13. The van der Waals surface area contributed by atoms with Gasteiger partial charge in [-0.25, -0.2) is 4.98 Å². The third-order valence-electron chi connectivity index (χ3n) is 1.59. The van der Waals surface area contributed by atoms with Gasteiger partial charge < -0.3 is 5.73 Å². The monoisotopic (exact) mass is 257 g/mol. The zero-order valence-electron chi connectivity index (χ0n) is 7.91. The molecule has 0 bridgehead atoms. The lowest BCUT2D eigenvalue weighted by molar-refractivity contribution is -0.126. The first-order chi connectivity index (χ1) is 6.97. The van der Waals surface area contributed by atoms with Crippen molar-refractivity contribution < 1.29 is 13.2 Å². The van der Waals surface area contributed by atoms with Gasteiger partial charge in [-0.3, -0.25) is 0 Å². The molecule has 86 valence electrons. The summed E-state index contributed by atoms with van der Waals surface area (Å²) in [6, 6.07) is 0. The van der Waals surface area contributed by atoms with E-state index in [0.29, 0.717) is 28.3 Å². The highest BCUT2D eigenvalue weighted by Gasteiger charge is 2.40. The van der Waals surface area contributed by atoms with Crippen LogP contribution in [0.25, 0.3) is 0 Å². The van der Waals surface area contributed by atoms with Crippen molar-refractivity contribution in [3.05, 3.63) is 5.82 Å². The Bertz CT molecular complexity index is 313. The van der Waals surface area contributed by atoms with Crippen molar-refractivity contribution in [3.8, 4) is 0 Å². The summed E-state index contributed by atoms with van der Waals surface area (Å²) in [5.74, 6) is 0.570. The van der Waals surface area contributed by atoms with Crippen LogP contribution in [-0.4, -0.2) is 27.3 Å². The molecule has 0 saturated heterocycles. The average Bonchev–Trinajstić information content (AvgIpc) is 2.59. The van der Waals surface area contributed by atoms with Gasteiger partial charge >= 0.3 is 6.18 Å². The molecule has 0 fully saturated rings. The van der Waals surface area contributed by atoms with Crippen molar-refractivity contribution in [3.63, 3.8) is 0 Å². The van der Waals surface area contributed by atoms with E-state index < -0.39 is 18.0 Å². The van der Waals surface area contributed by atoms with E-state index in [9.17, 15) is 13.2 Å². The molecule has 0 aliphatic carbocycles. The molecule has 0 spiro atoms. The van der Waals surface area contributed by atoms with E-state index in [2.05, 4.69) is 9.36 Å². The SMILES string of the molecule is CCc1nsc(SC(CN)C(F)(F)F)n1. The van der Waals surface area contributed by atoms with Crippen LogP contribution in [0.15, 0.2) is 4.34 Å². The number of aromatic nitrogens is 2. The lowest BCUT2D eigenvalue weighted by atomic mass is 10.4. The Morgan fingerprint density at radius 2 is 2.20 bits per heavy atom. The van der Waals surface area contributed by atoms with Gasteiger partial charge in [0.05, 0.1) is 0 Å². The molecule has 0 aliphatic rings. The van der Waals surface area contributed by atoms with Gasteiger partial charge in [-0.1, -0.05) is 18.7 Å². The molecule has 0 aromatic carbocycles. The molecule has 1 unspecified atom stereocenters. The number of rotatable bonds is 4. The van der Waals surface area contributed by atoms with Gasteiger partial charge in [-0.05, 0) is 11.5 Å². The second-order valence-corrected chi connectivity index (χ2v) is 4.92. The van der Waals surface area contributed by atoms with Crippen LogP contribution in [0.1, 0.15) is 12.7 Å². The Kier molecular flexibility index (Phi) is 4.35. The van der Waals surface area contributed by atoms with E-state index >= 15 is 0 Å². The average molecular weight is 257 g/mol. The van der Waals surface area contributed by atoms with Crippen molar-refractivity contribution in [2.24, 2.45) is 5.73 Å². The number of halogens is 3. The largest absolute Gasteiger partial charge is 0.402 e. The summed E-state index contributed by atoms with van der Waals surface area (Å²) >= 11 is 1.61. The number of nitrogens with zero attached hydrogens (tertiary/aromatic N) is 2. The van der Waals surface area contributed by atoms with Crippen LogP contribution in [-0.2, 0) is 6.42 Å². The maximum atomic E-state index is 12.4. The molecule has 3 nitrogen and oxygen atoms in total. The van der Waals surface area contributed by atoms with E-state index in [1.54, 1.807) is 0 Å². The molecule has 1 aromatic heterocycles. The highest BCUT2D eigenvalue weighted by Crippen LogP contribution is 2.35. The molecule has 1 aromatic rings. The highest BCUT2D eigenvalue weighted by molar-refractivity contribution is 8.01. The normalized spacial score (nSPS) is 14.2. The number of thioether (sulfide) groups is 1. The Labute approximate surface area is 93.4 Å². The highest BCUT2D eigenvalue weighted by atomic mass is 32.2. The molecule has 1 heterocycles. The Hall–Kier alpha value is -0.340. The van der Waals surface area contributed by atoms with E-state index in [0.717, 1.165) is 11.5 Å². The summed E-state index contributed by atoms with van der Waals surface area (Å²) in [6.45, 7) is 1.40. The molecule has 8 heteroatoms. The van der Waals surface area contributed by atoms with E-state index in [1.807, 2.05) is 6.92 Å². The van der Waals surface area contributed by atoms with Gasteiger partial charge in [0, 0.05) is 13.0 Å². The fourth-order valence-corrected chi connectivity index (χ4v) is 2.56. The number of hydrogen-bond donors (Lipinski definition) is 1. The minimum Gasteiger partial charge on any atom is -0.329 e. The molecule has 2 N–H and O–H groups in total. The van der Waals surface area contributed by atoms with Crippen LogP contribution in [0, 0.1) is 0 Å². The quantitative estimate of drug-likeness (QED) is 0.839. The Balaban J connectivity index is 2.67. The van der Waals surface area contributed by atoms with Crippen molar-refractivity contribution in [1.82, 2.24) is 9.36 Å². The lowest BCUT2D eigenvalue weighted by Crippen LogP contribution is -2.32. The van der Waals surface area contributed by atoms with Crippen LogP contribution < -0.4 is 5.73 Å². The Morgan fingerprint density at radius 3 is 2.60 bits per heavy atom. The first kappa shape index (κ1) is 12.7. The molecule has 1 atom stereocenters. The Morgan fingerprint density at radius 1 is 1.53 bits per heavy atom. The predicted molar refractivity (Wildman–Crippen MR) is 54.0 cm³/mol. The zero-order chi connectivity index (χ0) is 11.5. The van der Waals surface area contributed by atoms with Gasteiger partial charge in [0.1, 0.15) is 11.1 Å². The minimum absolute atomic E-state index is 0.319. The summed E-state index contributed by atoms with van der Waals surface area (Å²) in [5.41, 5.74) is 5.06. The van der Waals surface area contributed by atoms with Gasteiger partial charge in [0.25, 0.3) is 0 Å². The standard InChI is InChI=1S/C7H10F3N3S2/c1-2-5-12-6(15-13-5)14-4(3-11)7(8,9)10/h4H,2-3,11H2,1H3. The number of alkyl halides is 3. The summed E-state index contributed by atoms with van der Waals surface area (Å²) in [7, 11) is 0. The molecular weight excluding hydrogens is 247 g/mol. The van der Waals surface area contributed by atoms with Crippen molar-refractivity contribution >= 4 is 23.3 Å². The van der Waals surface area contributed by atoms with Crippen LogP contribution in [0.2, 0.25) is 0 Å². The third-order valence-corrected chi connectivity index (χ3v) is 3.69. The van der Waals surface area contributed by atoms with Gasteiger partial charge in [0.2, 0.25) is 0 Å². The van der Waals surface area contributed by atoms with Crippen molar-refractivity contribution in [1.29, 1.82) is 0 Å².